The fraction of sp³-hybridized carbons (Fsp3) is 0.364. The SMILES string of the molecule is CC(C)(O)CNc1cc(C(N)=O)ccc1N. The predicted molar refractivity (Wildman–Crippen MR) is 64.2 cm³/mol. The Balaban J connectivity index is 2.86. The maximum Gasteiger partial charge on any atom is 0.248 e. The van der Waals surface area contributed by atoms with E-state index in [1.54, 1.807) is 32.0 Å². The smallest absolute Gasteiger partial charge is 0.248 e. The lowest BCUT2D eigenvalue weighted by Gasteiger charge is -2.19. The molecule has 0 fully saturated rings. The van der Waals surface area contributed by atoms with Crippen LogP contribution in [0.3, 0.4) is 0 Å². The summed E-state index contributed by atoms with van der Waals surface area (Å²) in [5, 5.41) is 12.5. The number of amides is 1. The molecule has 16 heavy (non-hydrogen) atoms. The molecular weight excluding hydrogens is 206 g/mol. The van der Waals surface area contributed by atoms with Crippen LogP contribution in [0.4, 0.5) is 11.4 Å². The second kappa shape index (κ2) is 4.40. The van der Waals surface area contributed by atoms with E-state index >= 15 is 0 Å². The lowest BCUT2D eigenvalue weighted by atomic mass is 10.1. The van der Waals surface area contributed by atoms with Crippen molar-refractivity contribution in [2.24, 2.45) is 5.73 Å². The first-order chi connectivity index (χ1) is 7.29. The second-order valence-electron chi connectivity index (χ2n) is 4.33. The van der Waals surface area contributed by atoms with Crippen LogP contribution in [0.1, 0.15) is 24.2 Å². The van der Waals surface area contributed by atoms with Crippen molar-refractivity contribution in [3.63, 3.8) is 0 Å². The van der Waals surface area contributed by atoms with Crippen LogP contribution in [0.25, 0.3) is 0 Å². The number of primary amides is 1. The third kappa shape index (κ3) is 3.43. The molecule has 0 radical (unpaired) electrons. The number of hydrogen-bond donors (Lipinski definition) is 4. The van der Waals surface area contributed by atoms with Crippen molar-refractivity contribution in [2.75, 3.05) is 17.6 Å². The molecule has 0 saturated carbocycles. The molecule has 0 unspecified atom stereocenters. The number of rotatable bonds is 4. The minimum Gasteiger partial charge on any atom is -0.397 e. The quantitative estimate of drug-likeness (QED) is 0.560. The van der Waals surface area contributed by atoms with Crippen molar-refractivity contribution < 1.29 is 9.90 Å². The van der Waals surface area contributed by atoms with Crippen LogP contribution in [0, 0.1) is 0 Å². The number of benzene rings is 1. The van der Waals surface area contributed by atoms with E-state index in [0.29, 0.717) is 23.5 Å². The van der Waals surface area contributed by atoms with Crippen LogP contribution in [-0.4, -0.2) is 23.2 Å². The highest BCUT2D eigenvalue weighted by atomic mass is 16.3. The highest BCUT2D eigenvalue weighted by molar-refractivity contribution is 5.94. The van der Waals surface area contributed by atoms with Crippen LogP contribution in [0.15, 0.2) is 18.2 Å². The van der Waals surface area contributed by atoms with E-state index in [1.165, 1.54) is 0 Å². The van der Waals surface area contributed by atoms with Gasteiger partial charge in [-0.25, -0.2) is 0 Å². The first-order valence-corrected chi connectivity index (χ1v) is 4.95. The number of nitrogens with two attached hydrogens (primary N) is 2. The van der Waals surface area contributed by atoms with Crippen LogP contribution in [-0.2, 0) is 0 Å². The van der Waals surface area contributed by atoms with E-state index in [0.717, 1.165) is 0 Å². The van der Waals surface area contributed by atoms with E-state index in [2.05, 4.69) is 5.32 Å². The van der Waals surface area contributed by atoms with E-state index in [-0.39, 0.29) is 0 Å². The minimum absolute atomic E-state index is 0.333. The molecule has 0 aliphatic heterocycles. The molecular formula is C11H17N3O2. The summed E-state index contributed by atoms with van der Waals surface area (Å²) < 4.78 is 0. The van der Waals surface area contributed by atoms with Crippen LogP contribution in [0.5, 0.6) is 0 Å². The van der Waals surface area contributed by atoms with Crippen LogP contribution in [0.2, 0.25) is 0 Å². The molecule has 1 aromatic rings. The maximum atomic E-state index is 11.0. The summed E-state index contributed by atoms with van der Waals surface area (Å²) in [4.78, 5) is 11.0. The zero-order chi connectivity index (χ0) is 12.3. The average Bonchev–Trinajstić information content (AvgIpc) is 2.14. The van der Waals surface area contributed by atoms with Gasteiger partial charge in [0.2, 0.25) is 5.91 Å². The van der Waals surface area contributed by atoms with E-state index in [1.807, 2.05) is 0 Å². The van der Waals surface area contributed by atoms with E-state index in [9.17, 15) is 9.90 Å². The number of carbonyl (C=O) groups excluding carboxylic acids is 1. The Kier molecular flexibility index (Phi) is 3.39. The maximum absolute atomic E-state index is 11.0. The molecule has 0 aliphatic carbocycles. The monoisotopic (exact) mass is 223 g/mol. The van der Waals surface area contributed by atoms with Crippen molar-refractivity contribution in [3.05, 3.63) is 23.8 Å². The summed E-state index contributed by atoms with van der Waals surface area (Å²) in [6.45, 7) is 3.68. The first kappa shape index (κ1) is 12.3. The van der Waals surface area contributed by atoms with Gasteiger partial charge in [0.1, 0.15) is 0 Å². The highest BCUT2D eigenvalue weighted by Crippen LogP contribution is 2.20. The Morgan fingerprint density at radius 1 is 1.50 bits per heavy atom. The third-order valence-corrected chi connectivity index (χ3v) is 2.05. The fourth-order valence-corrected chi connectivity index (χ4v) is 1.17. The molecule has 0 aliphatic rings. The highest BCUT2D eigenvalue weighted by Gasteiger charge is 2.13. The molecule has 1 rings (SSSR count). The zero-order valence-corrected chi connectivity index (χ0v) is 9.45. The molecule has 0 heterocycles. The number of carbonyl (C=O) groups is 1. The van der Waals surface area contributed by atoms with Gasteiger partial charge in [0.25, 0.3) is 0 Å². The van der Waals surface area contributed by atoms with Crippen molar-refractivity contribution in [1.82, 2.24) is 0 Å². The molecule has 88 valence electrons. The summed E-state index contributed by atoms with van der Waals surface area (Å²) in [7, 11) is 0. The Hall–Kier alpha value is -1.75. The van der Waals surface area contributed by atoms with Crippen LogP contribution < -0.4 is 16.8 Å². The van der Waals surface area contributed by atoms with Crippen molar-refractivity contribution in [2.45, 2.75) is 19.4 Å². The van der Waals surface area contributed by atoms with Gasteiger partial charge in [0.05, 0.1) is 17.0 Å². The van der Waals surface area contributed by atoms with Gasteiger partial charge >= 0.3 is 0 Å². The minimum atomic E-state index is -0.852. The molecule has 0 atom stereocenters. The largest absolute Gasteiger partial charge is 0.397 e. The van der Waals surface area contributed by atoms with Gasteiger partial charge in [-0.05, 0) is 32.0 Å². The molecule has 0 bridgehead atoms. The Morgan fingerprint density at radius 2 is 2.12 bits per heavy atom. The van der Waals surface area contributed by atoms with Gasteiger partial charge in [0.15, 0.2) is 0 Å². The van der Waals surface area contributed by atoms with Crippen molar-refractivity contribution >= 4 is 17.3 Å². The predicted octanol–water partition coefficient (Wildman–Crippen LogP) is 0.550. The first-order valence-electron chi connectivity index (χ1n) is 4.95. The van der Waals surface area contributed by atoms with Crippen molar-refractivity contribution in [1.29, 1.82) is 0 Å². The Morgan fingerprint density at radius 3 is 2.62 bits per heavy atom. The molecule has 0 saturated heterocycles. The summed E-state index contributed by atoms with van der Waals surface area (Å²) in [5.41, 5.74) is 11.5. The van der Waals surface area contributed by atoms with E-state index < -0.39 is 11.5 Å². The van der Waals surface area contributed by atoms with Gasteiger partial charge in [-0.2, -0.15) is 0 Å². The van der Waals surface area contributed by atoms with Gasteiger partial charge in [0, 0.05) is 12.1 Å². The van der Waals surface area contributed by atoms with Gasteiger partial charge in [-0.1, -0.05) is 0 Å². The zero-order valence-electron chi connectivity index (χ0n) is 9.45. The van der Waals surface area contributed by atoms with Gasteiger partial charge in [-0.15, -0.1) is 0 Å². The number of nitrogens with one attached hydrogen (secondary N) is 1. The fourth-order valence-electron chi connectivity index (χ4n) is 1.17. The standard InChI is InChI=1S/C11H17N3O2/c1-11(2,16)6-14-9-5-7(10(13)15)3-4-8(9)12/h3-5,14,16H,6,12H2,1-2H3,(H2,13,15). The molecule has 1 amide bonds. The molecule has 6 N–H and O–H groups in total. The normalized spacial score (nSPS) is 11.2. The van der Waals surface area contributed by atoms with Crippen molar-refractivity contribution in [3.8, 4) is 0 Å². The summed E-state index contributed by atoms with van der Waals surface area (Å²) in [6.07, 6.45) is 0. The average molecular weight is 223 g/mol. The lowest BCUT2D eigenvalue weighted by molar-refractivity contribution is 0.0945. The summed E-state index contributed by atoms with van der Waals surface area (Å²) in [6, 6.07) is 4.74. The van der Waals surface area contributed by atoms with E-state index in [4.69, 9.17) is 11.5 Å². The molecule has 0 spiro atoms. The van der Waals surface area contributed by atoms with Gasteiger partial charge < -0.3 is 21.9 Å². The number of nitrogen functional groups attached to an aromatic ring is 1. The number of aliphatic hydroxyl groups is 1. The number of hydrogen-bond acceptors (Lipinski definition) is 4. The van der Waals surface area contributed by atoms with Gasteiger partial charge in [-0.3, -0.25) is 4.79 Å². The topological polar surface area (TPSA) is 101 Å². The molecule has 5 heteroatoms. The number of anilines is 2. The summed E-state index contributed by atoms with van der Waals surface area (Å²) in [5.74, 6) is -0.508. The molecule has 5 nitrogen and oxygen atoms in total. The third-order valence-electron chi connectivity index (χ3n) is 2.05. The molecule has 0 aromatic heterocycles. The second-order valence-corrected chi connectivity index (χ2v) is 4.33. The molecule has 1 aromatic carbocycles. The van der Waals surface area contributed by atoms with Crippen LogP contribution >= 0.6 is 0 Å². The Bertz CT molecular complexity index is 397. The Labute approximate surface area is 94.4 Å². The summed E-state index contributed by atoms with van der Waals surface area (Å²) >= 11 is 0. The lowest BCUT2D eigenvalue weighted by Crippen LogP contribution is -2.29.